The first kappa shape index (κ1) is 24.4. The minimum Gasteiger partial charge on any atom is -0.495 e. The van der Waals surface area contributed by atoms with Gasteiger partial charge in [0.2, 0.25) is 5.95 Å². The van der Waals surface area contributed by atoms with Crippen molar-refractivity contribution in [1.29, 1.82) is 0 Å². The number of ether oxygens (including phenoxy) is 1. The van der Waals surface area contributed by atoms with Gasteiger partial charge in [-0.3, -0.25) is 4.98 Å². The van der Waals surface area contributed by atoms with Crippen LogP contribution in [0.1, 0.15) is 32.1 Å². The van der Waals surface area contributed by atoms with E-state index in [1.807, 2.05) is 36.5 Å². The van der Waals surface area contributed by atoms with Crippen molar-refractivity contribution in [2.45, 2.75) is 38.1 Å². The van der Waals surface area contributed by atoms with Crippen LogP contribution >= 0.6 is 0 Å². The number of likely N-dealkylation sites (tertiary alicyclic amines) is 1. The molecule has 6 rings (SSSR count). The van der Waals surface area contributed by atoms with Crippen LogP contribution in [0.5, 0.6) is 5.75 Å². The second-order valence-corrected chi connectivity index (χ2v) is 10.1. The highest BCUT2D eigenvalue weighted by atomic mass is 16.5. The Morgan fingerprint density at radius 2 is 1.68 bits per heavy atom. The molecular weight excluding hydrogens is 474 g/mol. The Kier molecular flexibility index (Phi) is 7.22. The molecule has 0 amide bonds. The highest BCUT2D eigenvalue weighted by Gasteiger charge is 2.26. The van der Waals surface area contributed by atoms with E-state index in [0.29, 0.717) is 11.8 Å². The predicted molar refractivity (Wildman–Crippen MR) is 154 cm³/mol. The Morgan fingerprint density at radius 3 is 2.53 bits per heavy atom. The standard InChI is InChI=1S/C30H35N7O/c1-38-28-20-23(9-10-27(28)37-17-12-25(13-18-37)36-15-5-2-6-16-36)34-30-31-14-11-29(35-30)33-24-19-22-7-3-4-8-26(22)32-21-24/h3-4,7-11,14,19-21,25H,2,5-6,12-13,15-18H2,1H3,(H2,31,33,34,35). The van der Waals surface area contributed by atoms with Gasteiger partial charge in [0.1, 0.15) is 11.6 Å². The third-order valence-electron chi connectivity index (χ3n) is 7.67. The number of methoxy groups -OCH3 is 1. The fourth-order valence-electron chi connectivity index (χ4n) is 5.68. The topological polar surface area (TPSA) is 78.4 Å². The van der Waals surface area contributed by atoms with Crippen molar-refractivity contribution in [2.75, 3.05) is 48.8 Å². The number of nitrogens with one attached hydrogen (secondary N) is 2. The van der Waals surface area contributed by atoms with Crippen LogP contribution in [0.3, 0.4) is 0 Å². The van der Waals surface area contributed by atoms with E-state index in [2.05, 4.69) is 59.7 Å². The lowest BCUT2D eigenvalue weighted by Gasteiger charge is -2.41. The molecular formula is C30H35N7O. The monoisotopic (exact) mass is 509 g/mol. The van der Waals surface area contributed by atoms with E-state index < -0.39 is 0 Å². The molecule has 0 aliphatic carbocycles. The fraction of sp³-hybridized carbons (Fsp3) is 0.367. The van der Waals surface area contributed by atoms with Gasteiger partial charge in [-0.05, 0) is 69.1 Å². The molecule has 8 nitrogen and oxygen atoms in total. The van der Waals surface area contributed by atoms with E-state index in [9.17, 15) is 0 Å². The summed E-state index contributed by atoms with van der Waals surface area (Å²) in [5, 5.41) is 7.74. The molecule has 0 atom stereocenters. The van der Waals surface area contributed by atoms with E-state index in [-0.39, 0.29) is 0 Å². The van der Waals surface area contributed by atoms with Crippen molar-refractivity contribution in [3.05, 3.63) is 67.0 Å². The lowest BCUT2D eigenvalue weighted by atomic mass is 9.99. The predicted octanol–water partition coefficient (Wildman–Crippen LogP) is 5.98. The quantitative estimate of drug-likeness (QED) is 0.315. The van der Waals surface area contributed by atoms with Crippen molar-refractivity contribution in [2.24, 2.45) is 0 Å². The molecule has 196 valence electrons. The Labute approximate surface area is 224 Å². The van der Waals surface area contributed by atoms with Gasteiger partial charge in [0.15, 0.2) is 0 Å². The van der Waals surface area contributed by atoms with Gasteiger partial charge in [-0.2, -0.15) is 4.98 Å². The number of aromatic nitrogens is 3. The third kappa shape index (κ3) is 5.50. The zero-order valence-electron chi connectivity index (χ0n) is 21.9. The summed E-state index contributed by atoms with van der Waals surface area (Å²) in [6.45, 7) is 4.66. The molecule has 0 radical (unpaired) electrons. The second kappa shape index (κ2) is 11.2. The van der Waals surface area contributed by atoms with Crippen LogP contribution in [-0.2, 0) is 0 Å². The van der Waals surface area contributed by atoms with Gasteiger partial charge >= 0.3 is 0 Å². The summed E-state index contributed by atoms with van der Waals surface area (Å²) in [4.78, 5) is 18.8. The van der Waals surface area contributed by atoms with Gasteiger partial charge < -0.3 is 25.2 Å². The minimum absolute atomic E-state index is 0.515. The third-order valence-corrected chi connectivity index (χ3v) is 7.67. The summed E-state index contributed by atoms with van der Waals surface area (Å²) in [5.74, 6) is 2.07. The average molecular weight is 510 g/mol. The molecule has 2 N–H and O–H groups in total. The number of benzene rings is 2. The Hall–Kier alpha value is -3.91. The Morgan fingerprint density at radius 1 is 0.842 bits per heavy atom. The summed E-state index contributed by atoms with van der Waals surface area (Å²) in [6, 6.07) is 18.9. The molecule has 4 heterocycles. The number of nitrogens with zero attached hydrogens (tertiary/aromatic N) is 5. The molecule has 2 fully saturated rings. The molecule has 0 saturated carbocycles. The van der Waals surface area contributed by atoms with Crippen LogP contribution in [-0.4, -0.2) is 59.2 Å². The number of piperidine rings is 2. The van der Waals surface area contributed by atoms with Crippen LogP contribution in [0, 0.1) is 0 Å². The molecule has 2 aliphatic heterocycles. The zero-order chi connectivity index (χ0) is 25.7. The molecule has 4 aromatic rings. The summed E-state index contributed by atoms with van der Waals surface area (Å²) >= 11 is 0. The number of hydrogen-bond donors (Lipinski definition) is 2. The maximum Gasteiger partial charge on any atom is 0.229 e. The maximum absolute atomic E-state index is 5.81. The van der Waals surface area contributed by atoms with Gasteiger partial charge in [-0.1, -0.05) is 24.6 Å². The van der Waals surface area contributed by atoms with Crippen LogP contribution < -0.4 is 20.3 Å². The molecule has 38 heavy (non-hydrogen) atoms. The van der Waals surface area contributed by atoms with E-state index in [1.54, 1.807) is 13.3 Å². The number of hydrogen-bond acceptors (Lipinski definition) is 8. The van der Waals surface area contributed by atoms with E-state index in [4.69, 9.17) is 4.74 Å². The largest absolute Gasteiger partial charge is 0.495 e. The van der Waals surface area contributed by atoms with Crippen molar-refractivity contribution in [3.8, 4) is 5.75 Å². The molecule has 2 aromatic heterocycles. The molecule has 2 aliphatic rings. The van der Waals surface area contributed by atoms with E-state index in [1.165, 1.54) is 45.2 Å². The molecule has 0 spiro atoms. The molecule has 2 aromatic carbocycles. The number of rotatable bonds is 7. The summed E-state index contributed by atoms with van der Waals surface area (Å²) in [5.41, 5.74) is 3.88. The smallest absolute Gasteiger partial charge is 0.229 e. The van der Waals surface area contributed by atoms with Gasteiger partial charge in [0.25, 0.3) is 0 Å². The molecule has 0 unspecified atom stereocenters. The highest BCUT2D eigenvalue weighted by molar-refractivity contribution is 5.82. The SMILES string of the molecule is COc1cc(Nc2nccc(Nc3cnc4ccccc4c3)n2)ccc1N1CCC(N2CCCCC2)CC1. The number of fused-ring (bicyclic) bond motifs is 1. The van der Waals surface area contributed by atoms with Gasteiger partial charge in [-0.15, -0.1) is 0 Å². The van der Waals surface area contributed by atoms with E-state index >= 15 is 0 Å². The first-order valence-corrected chi connectivity index (χ1v) is 13.6. The highest BCUT2D eigenvalue weighted by Crippen LogP contribution is 2.34. The van der Waals surface area contributed by atoms with Gasteiger partial charge in [0.05, 0.1) is 30.2 Å². The molecule has 0 bridgehead atoms. The van der Waals surface area contributed by atoms with Crippen molar-refractivity contribution < 1.29 is 4.74 Å². The van der Waals surface area contributed by atoms with Crippen LogP contribution in [0.25, 0.3) is 10.9 Å². The van der Waals surface area contributed by atoms with Crippen LogP contribution in [0.4, 0.5) is 28.8 Å². The van der Waals surface area contributed by atoms with E-state index in [0.717, 1.165) is 52.8 Å². The van der Waals surface area contributed by atoms with Crippen LogP contribution in [0.2, 0.25) is 0 Å². The average Bonchev–Trinajstić information content (AvgIpc) is 2.98. The number of anilines is 5. The van der Waals surface area contributed by atoms with Crippen LogP contribution in [0.15, 0.2) is 67.0 Å². The first-order chi connectivity index (χ1) is 18.7. The molecule has 2 saturated heterocycles. The Balaban J connectivity index is 1.11. The second-order valence-electron chi connectivity index (χ2n) is 10.1. The minimum atomic E-state index is 0.515. The summed E-state index contributed by atoms with van der Waals surface area (Å²) in [7, 11) is 1.74. The number of para-hydroxylation sites is 1. The van der Waals surface area contributed by atoms with Crippen molar-refractivity contribution in [3.63, 3.8) is 0 Å². The maximum atomic E-state index is 5.81. The van der Waals surface area contributed by atoms with Crippen molar-refractivity contribution >= 4 is 39.7 Å². The summed E-state index contributed by atoms with van der Waals surface area (Å²) < 4.78 is 5.81. The first-order valence-electron chi connectivity index (χ1n) is 13.6. The lowest BCUT2D eigenvalue weighted by molar-refractivity contribution is 0.141. The number of pyridine rings is 1. The van der Waals surface area contributed by atoms with Gasteiger partial charge in [0, 0.05) is 42.5 Å². The Bertz CT molecular complexity index is 1380. The molecule has 8 heteroatoms. The normalized spacial score (nSPS) is 16.9. The lowest BCUT2D eigenvalue weighted by Crippen LogP contribution is -2.46. The fourth-order valence-corrected chi connectivity index (χ4v) is 5.68. The zero-order valence-corrected chi connectivity index (χ0v) is 21.9. The van der Waals surface area contributed by atoms with Gasteiger partial charge in [-0.25, -0.2) is 4.98 Å². The summed E-state index contributed by atoms with van der Waals surface area (Å²) in [6.07, 6.45) is 10.1. The van der Waals surface area contributed by atoms with Crippen molar-refractivity contribution in [1.82, 2.24) is 19.9 Å².